The molecule has 0 radical (unpaired) electrons. The predicted octanol–water partition coefficient (Wildman–Crippen LogP) is 3.78. The molecule has 0 heterocycles. The average Bonchev–Trinajstić information content (AvgIpc) is 2.47. The molecule has 19 heavy (non-hydrogen) atoms. The number of nitrogens with two attached hydrogens (primary N) is 1. The van der Waals surface area contributed by atoms with Crippen molar-refractivity contribution in [2.45, 2.75) is 52.1 Å². The predicted molar refractivity (Wildman–Crippen MR) is 80.4 cm³/mol. The third kappa shape index (κ3) is 3.73. The van der Waals surface area contributed by atoms with Crippen LogP contribution in [0.2, 0.25) is 0 Å². The topological polar surface area (TPSA) is 35.2 Å². The summed E-state index contributed by atoms with van der Waals surface area (Å²) in [6, 6.07) is 8.49. The van der Waals surface area contributed by atoms with Crippen molar-refractivity contribution < 1.29 is 4.74 Å². The van der Waals surface area contributed by atoms with Gasteiger partial charge in [0.05, 0.1) is 0 Å². The Labute approximate surface area is 117 Å². The lowest BCUT2D eigenvalue weighted by molar-refractivity contribution is 0.0684. The van der Waals surface area contributed by atoms with Crippen LogP contribution < -0.4 is 10.5 Å². The quantitative estimate of drug-likeness (QED) is 0.875. The Hall–Kier alpha value is -1.02. The van der Waals surface area contributed by atoms with Gasteiger partial charge in [-0.15, -0.1) is 0 Å². The van der Waals surface area contributed by atoms with Crippen LogP contribution in [0.4, 0.5) is 0 Å². The minimum absolute atomic E-state index is 0.302. The van der Waals surface area contributed by atoms with Crippen molar-refractivity contribution in [3.8, 4) is 5.75 Å². The molecular weight excluding hydrogens is 234 g/mol. The number of rotatable bonds is 5. The van der Waals surface area contributed by atoms with Crippen LogP contribution in [0.1, 0.15) is 45.1 Å². The van der Waals surface area contributed by atoms with Gasteiger partial charge in [-0.3, -0.25) is 0 Å². The first kappa shape index (κ1) is 14.4. The van der Waals surface area contributed by atoms with Gasteiger partial charge in [-0.1, -0.05) is 32.4 Å². The minimum Gasteiger partial charge on any atom is -0.490 e. The number of hydrogen-bond donors (Lipinski definition) is 1. The Bertz CT molecular complexity index is 391. The largest absolute Gasteiger partial charge is 0.490 e. The molecule has 2 N–H and O–H groups in total. The highest BCUT2D eigenvalue weighted by molar-refractivity contribution is 5.28. The molecule has 3 unspecified atom stereocenters. The van der Waals surface area contributed by atoms with Gasteiger partial charge in [-0.2, -0.15) is 0 Å². The zero-order chi connectivity index (χ0) is 13.7. The molecule has 0 aliphatic heterocycles. The van der Waals surface area contributed by atoms with Crippen LogP contribution in [0.25, 0.3) is 0 Å². The molecule has 2 nitrogen and oxygen atoms in total. The van der Waals surface area contributed by atoms with Crippen LogP contribution in [0, 0.1) is 11.8 Å². The zero-order valence-corrected chi connectivity index (χ0v) is 12.3. The van der Waals surface area contributed by atoms with E-state index >= 15 is 0 Å². The normalized spacial score (nSPS) is 27.2. The first-order valence-electron chi connectivity index (χ1n) is 7.72. The van der Waals surface area contributed by atoms with Crippen LogP contribution in [0.15, 0.2) is 24.3 Å². The molecule has 1 fully saturated rings. The fourth-order valence-electron chi connectivity index (χ4n) is 3.07. The van der Waals surface area contributed by atoms with Crippen LogP contribution in [-0.4, -0.2) is 12.6 Å². The highest BCUT2D eigenvalue weighted by atomic mass is 16.5. The summed E-state index contributed by atoms with van der Waals surface area (Å²) in [6.07, 6.45) is 6.30. The van der Waals surface area contributed by atoms with E-state index in [1.54, 1.807) is 0 Å². The molecule has 0 aromatic heterocycles. The van der Waals surface area contributed by atoms with Crippen molar-refractivity contribution in [1.29, 1.82) is 0 Å². The molecule has 2 heteroatoms. The molecular formula is C17H27NO. The fourth-order valence-corrected chi connectivity index (χ4v) is 3.07. The second-order valence-electron chi connectivity index (χ2n) is 5.74. The summed E-state index contributed by atoms with van der Waals surface area (Å²) in [6.45, 7) is 5.20. The maximum atomic E-state index is 6.25. The summed E-state index contributed by atoms with van der Waals surface area (Å²) in [7, 11) is 0. The van der Waals surface area contributed by atoms with Crippen molar-refractivity contribution in [3.05, 3.63) is 29.8 Å². The SMILES string of the molecule is CCc1cccc(OC2CC(CC)CCC2CN)c1. The molecule has 1 aromatic carbocycles. The third-order valence-electron chi connectivity index (χ3n) is 4.51. The van der Waals surface area contributed by atoms with E-state index in [0.717, 1.165) is 31.1 Å². The Morgan fingerprint density at radius 1 is 1.26 bits per heavy atom. The molecule has 0 bridgehead atoms. The maximum Gasteiger partial charge on any atom is 0.120 e. The van der Waals surface area contributed by atoms with Gasteiger partial charge in [0.2, 0.25) is 0 Å². The molecule has 1 aliphatic carbocycles. The van der Waals surface area contributed by atoms with Gasteiger partial charge in [-0.05, 0) is 55.8 Å². The van der Waals surface area contributed by atoms with Gasteiger partial charge in [-0.25, -0.2) is 0 Å². The standard InChI is InChI=1S/C17H27NO/c1-3-13-6-5-7-16(10-13)19-17-11-14(4-2)8-9-15(17)12-18/h5-7,10,14-15,17H,3-4,8-9,11-12,18H2,1-2H3. The van der Waals surface area contributed by atoms with Crippen LogP contribution >= 0.6 is 0 Å². The van der Waals surface area contributed by atoms with E-state index in [1.165, 1.54) is 24.8 Å². The van der Waals surface area contributed by atoms with E-state index in [1.807, 2.05) is 0 Å². The molecule has 1 aliphatic rings. The average molecular weight is 261 g/mol. The van der Waals surface area contributed by atoms with Crippen molar-refractivity contribution in [2.24, 2.45) is 17.6 Å². The maximum absolute atomic E-state index is 6.25. The summed E-state index contributed by atoms with van der Waals surface area (Å²) in [4.78, 5) is 0. The lowest BCUT2D eigenvalue weighted by Crippen LogP contribution is -2.38. The van der Waals surface area contributed by atoms with Crippen LogP contribution in [-0.2, 0) is 6.42 Å². The van der Waals surface area contributed by atoms with E-state index in [0.29, 0.717) is 12.0 Å². The van der Waals surface area contributed by atoms with Crippen molar-refractivity contribution >= 4 is 0 Å². The minimum atomic E-state index is 0.302. The van der Waals surface area contributed by atoms with E-state index in [2.05, 4.69) is 38.1 Å². The van der Waals surface area contributed by atoms with Crippen molar-refractivity contribution in [1.82, 2.24) is 0 Å². The number of ether oxygens (including phenoxy) is 1. The molecule has 3 atom stereocenters. The highest BCUT2D eigenvalue weighted by Gasteiger charge is 2.30. The monoisotopic (exact) mass is 261 g/mol. The molecule has 0 saturated heterocycles. The lowest BCUT2D eigenvalue weighted by atomic mass is 9.78. The summed E-state index contributed by atoms with van der Waals surface area (Å²) >= 11 is 0. The fraction of sp³-hybridized carbons (Fsp3) is 0.647. The third-order valence-corrected chi connectivity index (χ3v) is 4.51. The molecule has 0 spiro atoms. The van der Waals surface area contributed by atoms with Gasteiger partial charge >= 0.3 is 0 Å². The van der Waals surface area contributed by atoms with E-state index in [9.17, 15) is 0 Å². The van der Waals surface area contributed by atoms with Gasteiger partial charge in [0.1, 0.15) is 11.9 Å². The van der Waals surface area contributed by atoms with Crippen molar-refractivity contribution in [2.75, 3.05) is 6.54 Å². The van der Waals surface area contributed by atoms with E-state index < -0.39 is 0 Å². The number of benzene rings is 1. The summed E-state index contributed by atoms with van der Waals surface area (Å²) in [5.41, 5.74) is 7.25. The van der Waals surface area contributed by atoms with Crippen LogP contribution in [0.5, 0.6) is 5.75 Å². The smallest absolute Gasteiger partial charge is 0.120 e. The Kier molecular flexibility index (Phi) is 5.26. The van der Waals surface area contributed by atoms with Gasteiger partial charge in [0.15, 0.2) is 0 Å². The molecule has 2 rings (SSSR count). The van der Waals surface area contributed by atoms with E-state index in [4.69, 9.17) is 10.5 Å². The molecule has 106 valence electrons. The zero-order valence-electron chi connectivity index (χ0n) is 12.3. The second-order valence-corrected chi connectivity index (χ2v) is 5.74. The number of aryl methyl sites for hydroxylation is 1. The van der Waals surface area contributed by atoms with E-state index in [-0.39, 0.29) is 0 Å². The highest BCUT2D eigenvalue weighted by Crippen LogP contribution is 2.33. The molecule has 0 amide bonds. The first-order valence-corrected chi connectivity index (χ1v) is 7.72. The second kappa shape index (κ2) is 6.95. The summed E-state index contributed by atoms with van der Waals surface area (Å²) in [5, 5.41) is 0. The van der Waals surface area contributed by atoms with Gasteiger partial charge in [0.25, 0.3) is 0 Å². The Morgan fingerprint density at radius 2 is 2.11 bits per heavy atom. The summed E-state index contributed by atoms with van der Waals surface area (Å²) < 4.78 is 6.25. The van der Waals surface area contributed by atoms with Gasteiger partial charge < -0.3 is 10.5 Å². The Balaban J connectivity index is 2.05. The van der Waals surface area contributed by atoms with Crippen molar-refractivity contribution in [3.63, 3.8) is 0 Å². The first-order chi connectivity index (χ1) is 9.26. The molecule has 1 aromatic rings. The Morgan fingerprint density at radius 3 is 2.79 bits per heavy atom. The number of hydrogen-bond acceptors (Lipinski definition) is 2. The lowest BCUT2D eigenvalue weighted by Gasteiger charge is -2.35. The van der Waals surface area contributed by atoms with Crippen LogP contribution in [0.3, 0.4) is 0 Å². The summed E-state index contributed by atoms with van der Waals surface area (Å²) in [5.74, 6) is 2.34. The van der Waals surface area contributed by atoms with Gasteiger partial charge in [0, 0.05) is 5.92 Å². The molecule has 1 saturated carbocycles.